The van der Waals surface area contributed by atoms with Crippen LogP contribution in [-0.2, 0) is 0 Å². The molecule has 0 aliphatic heterocycles. The van der Waals surface area contributed by atoms with Crippen molar-refractivity contribution in [2.24, 2.45) is 0 Å². The summed E-state index contributed by atoms with van der Waals surface area (Å²) in [6.45, 7) is 0. The third kappa shape index (κ3) is 3.83. The molecule has 6 rings (SSSR count). The van der Waals surface area contributed by atoms with E-state index in [1.807, 2.05) is 89.6 Å². The fraction of sp³-hybridized carbons (Fsp3) is 0.0968. The Hall–Kier alpha value is -4.84. The van der Waals surface area contributed by atoms with E-state index in [0.717, 1.165) is 55.8 Å². The summed E-state index contributed by atoms with van der Waals surface area (Å²) in [5.74, 6) is 2.04. The zero-order valence-corrected chi connectivity index (χ0v) is 20.8. The number of pyridine rings is 1. The van der Waals surface area contributed by atoms with Crippen LogP contribution in [0.2, 0.25) is 0 Å². The maximum Gasteiger partial charge on any atom is 0.164 e. The number of hydrogen-bond acceptors (Lipinski definition) is 5. The van der Waals surface area contributed by atoms with Gasteiger partial charge in [-0.1, -0.05) is 60.7 Å². The third-order valence-electron chi connectivity index (χ3n) is 6.52. The highest BCUT2D eigenvalue weighted by Crippen LogP contribution is 2.43. The van der Waals surface area contributed by atoms with Crippen molar-refractivity contribution in [3.63, 3.8) is 0 Å². The molecule has 182 valence electrons. The van der Waals surface area contributed by atoms with Gasteiger partial charge in [-0.15, -0.1) is 0 Å². The van der Waals surface area contributed by atoms with Gasteiger partial charge in [0.15, 0.2) is 17.1 Å². The smallest absolute Gasteiger partial charge is 0.164 e. The standard InChI is InChI=1S/C31H25N3O3/c1-35-23-16-10-13-21(17-23)29-25-19-27(37-3)26(36-2)18-24(25)28-30(20-11-6-4-7-12-20)33-34(31(28)32-29)22-14-8-5-9-15-22/h4-19H,1-3H3. The van der Waals surface area contributed by atoms with Gasteiger partial charge in [-0.25, -0.2) is 9.67 Å². The molecule has 37 heavy (non-hydrogen) atoms. The minimum absolute atomic E-state index is 0.636. The zero-order chi connectivity index (χ0) is 25.4. The van der Waals surface area contributed by atoms with Crippen molar-refractivity contribution < 1.29 is 14.2 Å². The van der Waals surface area contributed by atoms with E-state index < -0.39 is 0 Å². The average molecular weight is 488 g/mol. The highest BCUT2D eigenvalue weighted by Gasteiger charge is 2.22. The summed E-state index contributed by atoms with van der Waals surface area (Å²) in [7, 11) is 4.96. The van der Waals surface area contributed by atoms with E-state index in [9.17, 15) is 0 Å². The number of nitrogens with zero attached hydrogens (tertiary/aromatic N) is 3. The summed E-state index contributed by atoms with van der Waals surface area (Å²) in [4.78, 5) is 5.25. The van der Waals surface area contributed by atoms with Crippen molar-refractivity contribution in [3.05, 3.63) is 97.1 Å². The molecule has 6 aromatic rings. The Bertz CT molecular complexity index is 1730. The van der Waals surface area contributed by atoms with Gasteiger partial charge in [0.1, 0.15) is 11.4 Å². The van der Waals surface area contributed by atoms with Gasteiger partial charge >= 0.3 is 0 Å². The lowest BCUT2D eigenvalue weighted by atomic mass is 9.98. The molecule has 2 heterocycles. The lowest BCUT2D eigenvalue weighted by molar-refractivity contribution is 0.356. The number of rotatable bonds is 6. The Morgan fingerprint density at radius 1 is 0.595 bits per heavy atom. The summed E-state index contributed by atoms with van der Waals surface area (Å²) >= 11 is 0. The van der Waals surface area contributed by atoms with Gasteiger partial charge in [-0.2, -0.15) is 5.10 Å². The molecule has 0 N–H and O–H groups in total. The number of fused-ring (bicyclic) bond motifs is 3. The van der Waals surface area contributed by atoms with Crippen molar-refractivity contribution in [1.29, 1.82) is 0 Å². The van der Waals surface area contributed by atoms with Gasteiger partial charge in [0.2, 0.25) is 0 Å². The number of benzene rings is 4. The third-order valence-corrected chi connectivity index (χ3v) is 6.52. The SMILES string of the molecule is COc1cccc(-c2nc3c(c(-c4ccccc4)nn3-c3ccccc3)c3cc(OC)c(OC)cc23)c1. The first-order valence-corrected chi connectivity index (χ1v) is 12.0. The van der Waals surface area contributed by atoms with Crippen LogP contribution >= 0.6 is 0 Å². The Morgan fingerprint density at radius 2 is 1.24 bits per heavy atom. The minimum Gasteiger partial charge on any atom is -0.497 e. The van der Waals surface area contributed by atoms with Crippen LogP contribution in [0.1, 0.15) is 0 Å². The molecule has 2 aromatic heterocycles. The molecule has 0 spiro atoms. The van der Waals surface area contributed by atoms with Gasteiger partial charge in [0.05, 0.1) is 38.1 Å². The van der Waals surface area contributed by atoms with E-state index in [4.69, 9.17) is 24.3 Å². The number of aromatic nitrogens is 3. The lowest BCUT2D eigenvalue weighted by Gasteiger charge is -2.14. The van der Waals surface area contributed by atoms with Crippen LogP contribution in [0.3, 0.4) is 0 Å². The van der Waals surface area contributed by atoms with E-state index >= 15 is 0 Å². The molecular weight excluding hydrogens is 462 g/mol. The Kier molecular flexibility index (Phi) is 5.69. The van der Waals surface area contributed by atoms with E-state index in [-0.39, 0.29) is 0 Å². The largest absolute Gasteiger partial charge is 0.497 e. The summed E-state index contributed by atoms with van der Waals surface area (Å²) in [5.41, 5.74) is 5.27. The van der Waals surface area contributed by atoms with Gasteiger partial charge in [0.25, 0.3) is 0 Å². The average Bonchev–Trinajstić information content (AvgIpc) is 3.36. The number of para-hydroxylation sites is 1. The van der Waals surface area contributed by atoms with E-state index in [0.29, 0.717) is 11.5 Å². The second-order valence-corrected chi connectivity index (χ2v) is 8.61. The Balaban J connectivity index is 1.81. The van der Waals surface area contributed by atoms with E-state index in [1.165, 1.54) is 0 Å². The molecule has 0 radical (unpaired) electrons. The van der Waals surface area contributed by atoms with E-state index in [2.05, 4.69) is 12.1 Å². The maximum atomic E-state index is 5.72. The van der Waals surface area contributed by atoms with Crippen molar-refractivity contribution >= 4 is 21.8 Å². The molecule has 0 saturated heterocycles. The summed E-state index contributed by atoms with van der Waals surface area (Å²) < 4.78 is 18.8. The van der Waals surface area contributed by atoms with Crippen LogP contribution in [0, 0.1) is 0 Å². The minimum atomic E-state index is 0.636. The molecule has 0 aliphatic rings. The quantitative estimate of drug-likeness (QED) is 0.255. The van der Waals surface area contributed by atoms with Crippen LogP contribution in [0.25, 0.3) is 50.0 Å². The number of methoxy groups -OCH3 is 3. The summed E-state index contributed by atoms with van der Waals surface area (Å²) in [6, 6.07) is 32.2. The highest BCUT2D eigenvalue weighted by molar-refractivity contribution is 6.16. The first-order chi connectivity index (χ1) is 18.2. The fourth-order valence-corrected chi connectivity index (χ4v) is 4.75. The van der Waals surface area contributed by atoms with Gasteiger partial charge in [-0.05, 0) is 36.4 Å². The Morgan fingerprint density at radius 3 is 1.92 bits per heavy atom. The highest BCUT2D eigenvalue weighted by atomic mass is 16.5. The zero-order valence-electron chi connectivity index (χ0n) is 20.8. The lowest BCUT2D eigenvalue weighted by Crippen LogP contribution is -1.99. The van der Waals surface area contributed by atoms with Crippen LogP contribution in [-0.4, -0.2) is 36.1 Å². The van der Waals surface area contributed by atoms with Crippen LogP contribution < -0.4 is 14.2 Å². The van der Waals surface area contributed by atoms with Crippen molar-refractivity contribution in [1.82, 2.24) is 14.8 Å². The molecular formula is C31H25N3O3. The normalized spacial score (nSPS) is 11.1. The van der Waals surface area contributed by atoms with Crippen LogP contribution in [0.5, 0.6) is 17.2 Å². The second-order valence-electron chi connectivity index (χ2n) is 8.61. The molecule has 0 unspecified atom stereocenters. The number of ether oxygens (including phenoxy) is 3. The monoisotopic (exact) mass is 487 g/mol. The maximum absolute atomic E-state index is 5.72. The van der Waals surface area contributed by atoms with Crippen LogP contribution in [0.15, 0.2) is 97.1 Å². The topological polar surface area (TPSA) is 58.4 Å². The molecule has 6 heteroatoms. The molecule has 0 saturated carbocycles. The van der Waals surface area contributed by atoms with Crippen molar-refractivity contribution in [2.45, 2.75) is 0 Å². The molecule has 0 aliphatic carbocycles. The number of hydrogen-bond donors (Lipinski definition) is 0. The fourth-order valence-electron chi connectivity index (χ4n) is 4.75. The second kappa shape index (κ2) is 9.32. The molecule has 4 aromatic carbocycles. The molecule has 6 nitrogen and oxygen atoms in total. The van der Waals surface area contributed by atoms with E-state index in [1.54, 1.807) is 21.3 Å². The van der Waals surface area contributed by atoms with Crippen molar-refractivity contribution in [3.8, 4) is 45.5 Å². The van der Waals surface area contributed by atoms with Gasteiger partial charge < -0.3 is 14.2 Å². The summed E-state index contributed by atoms with van der Waals surface area (Å²) in [5, 5.41) is 7.95. The molecule has 0 bridgehead atoms. The Labute approximate surface area is 214 Å². The molecule has 0 fully saturated rings. The molecule has 0 atom stereocenters. The first-order valence-electron chi connectivity index (χ1n) is 12.0. The van der Waals surface area contributed by atoms with Crippen LogP contribution in [0.4, 0.5) is 0 Å². The predicted molar refractivity (Wildman–Crippen MR) is 147 cm³/mol. The first kappa shape index (κ1) is 22.6. The summed E-state index contributed by atoms with van der Waals surface area (Å²) in [6.07, 6.45) is 0. The van der Waals surface area contributed by atoms with Gasteiger partial charge in [0, 0.05) is 21.9 Å². The predicted octanol–water partition coefficient (Wildman–Crippen LogP) is 6.93. The molecule has 0 amide bonds. The van der Waals surface area contributed by atoms with Crippen molar-refractivity contribution in [2.75, 3.05) is 21.3 Å². The van der Waals surface area contributed by atoms with Gasteiger partial charge in [-0.3, -0.25) is 0 Å².